The van der Waals surface area contributed by atoms with Gasteiger partial charge in [0, 0.05) is 5.92 Å². The average molecular weight is 266 g/mol. The van der Waals surface area contributed by atoms with E-state index in [0.29, 0.717) is 5.41 Å². The molecule has 4 heteroatoms. The normalized spacial score (nSPS) is 37.6. The number of hydrogen-bond donors (Lipinski definition) is 3. The van der Waals surface area contributed by atoms with Crippen LogP contribution >= 0.6 is 0 Å². The third kappa shape index (κ3) is 2.79. The number of carbonyl (C=O) groups excluding carboxylic acids is 1. The minimum Gasteiger partial charge on any atom is -0.391 e. The first-order valence-electron chi connectivity index (χ1n) is 7.90. The van der Waals surface area contributed by atoms with Gasteiger partial charge < -0.3 is 15.7 Å². The molecule has 1 amide bonds. The van der Waals surface area contributed by atoms with Crippen molar-refractivity contribution < 1.29 is 9.90 Å². The van der Waals surface area contributed by atoms with Crippen LogP contribution in [0, 0.1) is 11.3 Å². The zero-order chi connectivity index (χ0) is 13.3. The Hall–Kier alpha value is -0.610. The molecule has 0 aromatic rings. The van der Waals surface area contributed by atoms with Crippen molar-refractivity contribution in [1.29, 1.82) is 0 Å². The van der Waals surface area contributed by atoms with Crippen molar-refractivity contribution in [2.45, 2.75) is 63.5 Å². The Morgan fingerprint density at radius 2 is 1.89 bits per heavy atom. The van der Waals surface area contributed by atoms with Crippen molar-refractivity contribution >= 4 is 5.91 Å². The smallest absolute Gasteiger partial charge is 0.224 e. The summed E-state index contributed by atoms with van der Waals surface area (Å²) in [5.41, 5.74) is 0.297. The summed E-state index contributed by atoms with van der Waals surface area (Å²) in [7, 11) is 0. The van der Waals surface area contributed by atoms with Crippen molar-refractivity contribution in [2.24, 2.45) is 11.3 Å². The SMILES string of the molecule is O=C(NC1CCCCCC1O)C1CC12CCNCC2. The Balaban J connectivity index is 1.54. The molecule has 0 bridgehead atoms. The zero-order valence-corrected chi connectivity index (χ0v) is 11.7. The third-order valence-electron chi connectivity index (χ3n) is 5.41. The maximum absolute atomic E-state index is 12.4. The lowest BCUT2D eigenvalue weighted by molar-refractivity contribution is -0.125. The van der Waals surface area contributed by atoms with Gasteiger partial charge in [-0.05, 0) is 50.6 Å². The predicted octanol–water partition coefficient (Wildman–Crippen LogP) is 1.19. The maximum atomic E-state index is 12.4. The Bertz CT molecular complexity index is 339. The fourth-order valence-electron chi connectivity index (χ4n) is 3.94. The molecule has 0 aromatic carbocycles. The van der Waals surface area contributed by atoms with Crippen LogP contribution in [-0.4, -0.2) is 36.2 Å². The summed E-state index contributed by atoms with van der Waals surface area (Å²) < 4.78 is 0. The Morgan fingerprint density at radius 1 is 1.16 bits per heavy atom. The number of piperidine rings is 1. The number of nitrogens with one attached hydrogen (secondary N) is 2. The first-order chi connectivity index (χ1) is 9.21. The summed E-state index contributed by atoms with van der Waals surface area (Å²) in [5.74, 6) is 0.415. The van der Waals surface area contributed by atoms with Crippen molar-refractivity contribution in [1.82, 2.24) is 10.6 Å². The number of aliphatic hydroxyl groups excluding tert-OH is 1. The highest BCUT2D eigenvalue weighted by atomic mass is 16.3. The van der Waals surface area contributed by atoms with E-state index in [9.17, 15) is 9.90 Å². The highest BCUT2D eigenvalue weighted by Gasteiger charge is 2.57. The predicted molar refractivity (Wildman–Crippen MR) is 73.7 cm³/mol. The molecule has 2 aliphatic carbocycles. The second-order valence-electron chi connectivity index (χ2n) is 6.69. The van der Waals surface area contributed by atoms with Crippen LogP contribution in [-0.2, 0) is 4.79 Å². The van der Waals surface area contributed by atoms with Crippen LogP contribution in [0.25, 0.3) is 0 Å². The molecule has 3 N–H and O–H groups in total. The second-order valence-corrected chi connectivity index (χ2v) is 6.69. The van der Waals surface area contributed by atoms with Crippen LogP contribution in [0.5, 0.6) is 0 Å². The van der Waals surface area contributed by atoms with Gasteiger partial charge in [0.15, 0.2) is 0 Å². The summed E-state index contributed by atoms with van der Waals surface area (Å²) in [6.45, 7) is 2.10. The molecule has 1 aliphatic heterocycles. The van der Waals surface area contributed by atoms with Crippen molar-refractivity contribution in [3.05, 3.63) is 0 Å². The lowest BCUT2D eigenvalue weighted by Gasteiger charge is -2.25. The largest absolute Gasteiger partial charge is 0.391 e. The molecule has 3 atom stereocenters. The third-order valence-corrected chi connectivity index (χ3v) is 5.41. The minimum absolute atomic E-state index is 0.00522. The summed E-state index contributed by atoms with van der Waals surface area (Å²) in [5, 5.41) is 16.6. The number of amides is 1. The van der Waals surface area contributed by atoms with E-state index in [-0.39, 0.29) is 24.0 Å². The average Bonchev–Trinajstić information content (AvgIpc) is 3.14. The molecule has 0 radical (unpaired) electrons. The fraction of sp³-hybridized carbons (Fsp3) is 0.933. The Morgan fingerprint density at radius 3 is 2.68 bits per heavy atom. The lowest BCUT2D eigenvalue weighted by atomic mass is 9.91. The minimum atomic E-state index is -0.339. The van der Waals surface area contributed by atoms with E-state index in [0.717, 1.165) is 58.0 Å². The zero-order valence-electron chi connectivity index (χ0n) is 11.7. The molecular weight excluding hydrogens is 240 g/mol. The first kappa shape index (κ1) is 13.4. The first-order valence-corrected chi connectivity index (χ1v) is 7.90. The molecule has 3 fully saturated rings. The van der Waals surface area contributed by atoms with Gasteiger partial charge in [0.05, 0.1) is 12.1 Å². The Kier molecular flexibility index (Phi) is 3.81. The molecule has 19 heavy (non-hydrogen) atoms. The lowest BCUT2D eigenvalue weighted by Crippen LogP contribution is -2.44. The van der Waals surface area contributed by atoms with Gasteiger partial charge in [-0.1, -0.05) is 19.3 Å². The van der Waals surface area contributed by atoms with Gasteiger partial charge in [-0.25, -0.2) is 0 Å². The van der Waals surface area contributed by atoms with Crippen LogP contribution in [0.4, 0.5) is 0 Å². The van der Waals surface area contributed by atoms with E-state index < -0.39 is 0 Å². The fourth-order valence-corrected chi connectivity index (χ4v) is 3.94. The summed E-state index contributed by atoms with van der Waals surface area (Å²) in [6.07, 6.45) is 8.17. The number of rotatable bonds is 2. The molecule has 3 unspecified atom stereocenters. The van der Waals surface area contributed by atoms with E-state index in [2.05, 4.69) is 10.6 Å². The van der Waals surface area contributed by atoms with Gasteiger partial charge >= 0.3 is 0 Å². The van der Waals surface area contributed by atoms with E-state index in [1.54, 1.807) is 0 Å². The molecule has 0 aromatic heterocycles. The van der Waals surface area contributed by atoms with Gasteiger partial charge in [0.1, 0.15) is 0 Å². The highest BCUT2D eigenvalue weighted by molar-refractivity contribution is 5.83. The van der Waals surface area contributed by atoms with Crippen LogP contribution < -0.4 is 10.6 Å². The molecule has 3 rings (SSSR count). The van der Waals surface area contributed by atoms with E-state index in [1.807, 2.05) is 0 Å². The summed E-state index contributed by atoms with van der Waals surface area (Å²) >= 11 is 0. The topological polar surface area (TPSA) is 61.4 Å². The van der Waals surface area contributed by atoms with Gasteiger partial charge in [-0.3, -0.25) is 4.79 Å². The van der Waals surface area contributed by atoms with Crippen LogP contribution in [0.15, 0.2) is 0 Å². The summed E-state index contributed by atoms with van der Waals surface area (Å²) in [4.78, 5) is 12.4. The van der Waals surface area contributed by atoms with Crippen LogP contribution in [0.2, 0.25) is 0 Å². The van der Waals surface area contributed by atoms with Gasteiger partial charge in [0.2, 0.25) is 5.91 Å². The maximum Gasteiger partial charge on any atom is 0.224 e. The van der Waals surface area contributed by atoms with E-state index in [1.165, 1.54) is 6.42 Å². The number of carbonyl (C=O) groups is 1. The van der Waals surface area contributed by atoms with E-state index in [4.69, 9.17) is 0 Å². The van der Waals surface area contributed by atoms with Gasteiger partial charge in [0.25, 0.3) is 0 Å². The second kappa shape index (κ2) is 5.41. The number of aliphatic hydroxyl groups is 1. The van der Waals surface area contributed by atoms with Gasteiger partial charge in [-0.15, -0.1) is 0 Å². The van der Waals surface area contributed by atoms with Crippen molar-refractivity contribution in [3.8, 4) is 0 Å². The molecule has 2 saturated carbocycles. The van der Waals surface area contributed by atoms with E-state index >= 15 is 0 Å². The number of hydrogen-bond acceptors (Lipinski definition) is 3. The molecular formula is C15H26N2O2. The monoisotopic (exact) mass is 266 g/mol. The van der Waals surface area contributed by atoms with Crippen molar-refractivity contribution in [2.75, 3.05) is 13.1 Å². The molecule has 1 saturated heterocycles. The quantitative estimate of drug-likeness (QED) is 0.658. The summed E-state index contributed by atoms with van der Waals surface area (Å²) in [6, 6.07) is -0.00522. The molecule has 1 heterocycles. The Labute approximate surface area is 115 Å². The standard InChI is InChI=1S/C15H26N2O2/c18-13-5-3-1-2-4-12(13)17-14(19)11-10-15(11)6-8-16-9-7-15/h11-13,16,18H,1-10H2,(H,17,19). The molecule has 4 nitrogen and oxygen atoms in total. The molecule has 1 spiro atoms. The molecule has 3 aliphatic rings. The van der Waals surface area contributed by atoms with Crippen molar-refractivity contribution in [3.63, 3.8) is 0 Å². The van der Waals surface area contributed by atoms with Gasteiger partial charge in [-0.2, -0.15) is 0 Å². The van der Waals surface area contributed by atoms with Crippen LogP contribution in [0.1, 0.15) is 51.4 Å². The van der Waals surface area contributed by atoms with Crippen LogP contribution in [0.3, 0.4) is 0 Å². The molecule has 108 valence electrons. The highest BCUT2D eigenvalue weighted by Crippen LogP contribution is 2.58.